The number of hydrogen-bond donors (Lipinski definition) is 4. The van der Waals surface area contributed by atoms with Crippen LogP contribution in [0.1, 0.15) is 31.1 Å². The maximum atomic E-state index is 12.5. The lowest BCUT2D eigenvalue weighted by molar-refractivity contribution is -0.115. The summed E-state index contributed by atoms with van der Waals surface area (Å²) in [5.74, 6) is -0.712. The number of nitrogens with zero attached hydrogens (tertiary/aromatic N) is 1. The normalized spacial score (nSPS) is 11.0. The Morgan fingerprint density at radius 2 is 1.77 bits per heavy atom. The van der Waals surface area contributed by atoms with Gasteiger partial charge < -0.3 is 25.7 Å². The molecule has 0 atom stereocenters. The molecular weight excluding hydrogens is 386 g/mol. The monoisotopic (exact) mass is 409 g/mol. The number of aromatic nitrogens is 2. The number of rotatable bonds is 5. The number of imidazole rings is 1. The Labute approximate surface area is 173 Å². The van der Waals surface area contributed by atoms with Crippen LogP contribution in [0.4, 0.5) is 16.2 Å². The lowest BCUT2D eigenvalue weighted by atomic mass is 10.2. The van der Waals surface area contributed by atoms with Gasteiger partial charge in [0.25, 0.3) is 5.91 Å². The van der Waals surface area contributed by atoms with Gasteiger partial charge in [0.15, 0.2) is 0 Å². The van der Waals surface area contributed by atoms with Crippen molar-refractivity contribution in [2.75, 3.05) is 17.2 Å². The first-order valence-electron chi connectivity index (χ1n) is 9.31. The predicted octanol–water partition coefficient (Wildman–Crippen LogP) is 3.28. The van der Waals surface area contributed by atoms with Crippen molar-refractivity contribution in [1.82, 2.24) is 15.3 Å². The van der Waals surface area contributed by atoms with Crippen LogP contribution in [-0.4, -0.2) is 40.0 Å². The first-order valence-corrected chi connectivity index (χ1v) is 9.31. The van der Waals surface area contributed by atoms with E-state index in [2.05, 4.69) is 25.9 Å². The molecule has 2 aromatic carbocycles. The highest BCUT2D eigenvalue weighted by molar-refractivity contribution is 6.06. The minimum absolute atomic E-state index is 0.240. The van der Waals surface area contributed by atoms with Gasteiger partial charge in [0.2, 0.25) is 5.91 Å². The van der Waals surface area contributed by atoms with Crippen LogP contribution in [0.3, 0.4) is 0 Å². The van der Waals surface area contributed by atoms with Crippen molar-refractivity contribution < 1.29 is 19.1 Å². The summed E-state index contributed by atoms with van der Waals surface area (Å²) in [6.07, 6.45) is 0.892. The van der Waals surface area contributed by atoms with Crippen LogP contribution >= 0.6 is 0 Å². The van der Waals surface area contributed by atoms with Gasteiger partial charge >= 0.3 is 6.09 Å². The molecule has 0 aliphatic rings. The van der Waals surface area contributed by atoms with E-state index in [0.29, 0.717) is 16.9 Å². The van der Waals surface area contributed by atoms with Gasteiger partial charge in [-0.15, -0.1) is 0 Å². The first kappa shape index (κ1) is 20.8. The Kier molecular flexibility index (Phi) is 6.01. The molecule has 0 saturated carbocycles. The quantitative estimate of drug-likeness (QED) is 0.515. The molecule has 0 saturated heterocycles. The van der Waals surface area contributed by atoms with Gasteiger partial charge in [-0.2, -0.15) is 0 Å². The number of anilines is 2. The van der Waals surface area contributed by atoms with Crippen LogP contribution < -0.4 is 16.0 Å². The maximum absolute atomic E-state index is 12.5. The molecule has 156 valence electrons. The predicted molar refractivity (Wildman–Crippen MR) is 113 cm³/mol. The van der Waals surface area contributed by atoms with Crippen molar-refractivity contribution in [2.45, 2.75) is 26.4 Å². The Morgan fingerprint density at radius 3 is 2.50 bits per heavy atom. The van der Waals surface area contributed by atoms with Crippen LogP contribution in [0, 0.1) is 0 Å². The molecule has 0 fully saturated rings. The van der Waals surface area contributed by atoms with E-state index in [1.165, 1.54) is 0 Å². The van der Waals surface area contributed by atoms with E-state index in [0.717, 1.165) is 11.0 Å². The smallest absolute Gasteiger partial charge is 0.408 e. The zero-order valence-electron chi connectivity index (χ0n) is 16.9. The molecule has 3 amide bonds. The van der Waals surface area contributed by atoms with E-state index in [9.17, 15) is 14.4 Å². The van der Waals surface area contributed by atoms with E-state index in [-0.39, 0.29) is 12.5 Å². The highest BCUT2D eigenvalue weighted by Crippen LogP contribution is 2.17. The van der Waals surface area contributed by atoms with Gasteiger partial charge in [-0.25, -0.2) is 9.78 Å². The number of alkyl carbamates (subject to hydrolysis) is 1. The van der Waals surface area contributed by atoms with Crippen LogP contribution in [0.25, 0.3) is 11.0 Å². The lowest BCUT2D eigenvalue weighted by Crippen LogP contribution is -2.37. The SMILES string of the molecule is CC(C)(C)OC(=O)NCC(=O)Nc1cccc(NC(=O)c2ccc3nc[nH]c3c2)c1. The van der Waals surface area contributed by atoms with Crippen molar-refractivity contribution >= 4 is 40.3 Å². The number of H-pyrrole nitrogens is 1. The van der Waals surface area contributed by atoms with Crippen LogP contribution in [0.15, 0.2) is 48.8 Å². The molecule has 0 bridgehead atoms. The second kappa shape index (κ2) is 8.64. The number of hydrogen-bond acceptors (Lipinski definition) is 5. The molecule has 30 heavy (non-hydrogen) atoms. The van der Waals surface area contributed by atoms with E-state index >= 15 is 0 Å². The van der Waals surface area contributed by atoms with Crippen LogP contribution in [0.5, 0.6) is 0 Å². The number of carbonyl (C=O) groups excluding carboxylic acids is 3. The number of benzene rings is 2. The minimum atomic E-state index is -0.673. The lowest BCUT2D eigenvalue weighted by Gasteiger charge is -2.19. The molecule has 0 aliphatic heterocycles. The number of fused-ring (bicyclic) bond motifs is 1. The number of ether oxygens (including phenoxy) is 1. The molecule has 1 aromatic heterocycles. The maximum Gasteiger partial charge on any atom is 0.408 e. The molecule has 3 rings (SSSR count). The molecule has 3 aromatic rings. The summed E-state index contributed by atoms with van der Waals surface area (Å²) in [7, 11) is 0. The zero-order chi connectivity index (χ0) is 21.7. The van der Waals surface area contributed by atoms with E-state index in [1.54, 1.807) is 69.6 Å². The largest absolute Gasteiger partial charge is 0.444 e. The van der Waals surface area contributed by atoms with Gasteiger partial charge in [0.05, 0.1) is 17.4 Å². The van der Waals surface area contributed by atoms with Crippen LogP contribution in [-0.2, 0) is 9.53 Å². The Bertz CT molecular complexity index is 1080. The first-order chi connectivity index (χ1) is 14.2. The standard InChI is InChI=1S/C21H23N5O4/c1-21(2,3)30-20(29)22-11-18(27)25-14-5-4-6-15(10-14)26-19(28)13-7-8-16-17(9-13)24-12-23-16/h4-10,12H,11H2,1-3H3,(H,22,29)(H,23,24)(H,25,27)(H,26,28). The van der Waals surface area contributed by atoms with Gasteiger partial charge in [0.1, 0.15) is 12.1 Å². The molecule has 0 aliphatic carbocycles. The Hall–Kier alpha value is -3.88. The number of nitrogens with one attached hydrogen (secondary N) is 4. The molecule has 9 nitrogen and oxygen atoms in total. The van der Waals surface area contributed by atoms with Crippen molar-refractivity contribution in [3.05, 3.63) is 54.4 Å². The molecular formula is C21H23N5O4. The van der Waals surface area contributed by atoms with Crippen molar-refractivity contribution in [1.29, 1.82) is 0 Å². The number of carbonyl (C=O) groups is 3. The molecule has 0 unspecified atom stereocenters. The Morgan fingerprint density at radius 1 is 1.03 bits per heavy atom. The van der Waals surface area contributed by atoms with E-state index in [1.807, 2.05) is 0 Å². The highest BCUT2D eigenvalue weighted by atomic mass is 16.6. The fourth-order valence-electron chi connectivity index (χ4n) is 2.63. The summed E-state index contributed by atoms with van der Waals surface area (Å²) in [6, 6.07) is 11.9. The van der Waals surface area contributed by atoms with Crippen molar-refractivity contribution in [3.8, 4) is 0 Å². The molecule has 0 radical (unpaired) electrons. The topological polar surface area (TPSA) is 125 Å². The summed E-state index contributed by atoms with van der Waals surface area (Å²) in [6.45, 7) is 4.97. The molecule has 1 heterocycles. The zero-order valence-corrected chi connectivity index (χ0v) is 16.9. The van der Waals surface area contributed by atoms with Gasteiger partial charge in [-0.1, -0.05) is 6.07 Å². The second-order valence-corrected chi connectivity index (χ2v) is 7.57. The third-order valence-corrected chi connectivity index (χ3v) is 3.88. The summed E-state index contributed by atoms with van der Waals surface area (Å²) >= 11 is 0. The van der Waals surface area contributed by atoms with Gasteiger partial charge in [-0.05, 0) is 57.2 Å². The van der Waals surface area contributed by atoms with Crippen molar-refractivity contribution in [3.63, 3.8) is 0 Å². The average molecular weight is 409 g/mol. The third-order valence-electron chi connectivity index (χ3n) is 3.88. The van der Waals surface area contributed by atoms with Gasteiger partial charge in [-0.3, -0.25) is 9.59 Å². The van der Waals surface area contributed by atoms with Gasteiger partial charge in [0, 0.05) is 16.9 Å². The minimum Gasteiger partial charge on any atom is -0.444 e. The molecule has 4 N–H and O–H groups in total. The fraction of sp³-hybridized carbons (Fsp3) is 0.238. The molecule has 9 heteroatoms. The van der Waals surface area contributed by atoms with Crippen molar-refractivity contribution in [2.24, 2.45) is 0 Å². The second-order valence-electron chi connectivity index (χ2n) is 7.57. The Balaban J connectivity index is 1.56. The fourth-order valence-corrected chi connectivity index (χ4v) is 2.63. The summed E-state index contributed by atoms with van der Waals surface area (Å²) in [5.41, 5.74) is 2.37. The van der Waals surface area contributed by atoms with E-state index in [4.69, 9.17) is 4.74 Å². The summed E-state index contributed by atoms with van der Waals surface area (Å²) in [5, 5.41) is 7.84. The number of amides is 3. The highest BCUT2D eigenvalue weighted by Gasteiger charge is 2.16. The third kappa shape index (κ3) is 5.81. The summed E-state index contributed by atoms with van der Waals surface area (Å²) < 4.78 is 5.08. The van der Waals surface area contributed by atoms with Crippen LogP contribution in [0.2, 0.25) is 0 Å². The molecule has 0 spiro atoms. The summed E-state index contributed by atoms with van der Waals surface area (Å²) in [4.78, 5) is 43.3. The van der Waals surface area contributed by atoms with E-state index < -0.39 is 17.6 Å². The average Bonchev–Trinajstić information content (AvgIpc) is 3.13. The number of aromatic amines is 1.